The lowest BCUT2D eigenvalue weighted by atomic mass is 10.1. The quantitative estimate of drug-likeness (QED) is 0.928. The summed E-state index contributed by atoms with van der Waals surface area (Å²) in [5.74, 6) is -0.0710. The van der Waals surface area contributed by atoms with E-state index in [9.17, 15) is 4.79 Å². The molecule has 4 heteroatoms. The SMILES string of the molecule is CO[C@H]1CCCN(c2ccc(NC(=O)c3ccccc3C)cc2)C1. The largest absolute Gasteiger partial charge is 0.380 e. The molecule has 126 valence electrons. The van der Waals surface area contributed by atoms with Crippen molar-refractivity contribution in [3.05, 3.63) is 59.7 Å². The van der Waals surface area contributed by atoms with Gasteiger partial charge in [-0.3, -0.25) is 4.79 Å². The van der Waals surface area contributed by atoms with Crippen LogP contribution in [0.2, 0.25) is 0 Å². The Morgan fingerprint density at radius 3 is 2.62 bits per heavy atom. The molecule has 3 rings (SSSR count). The van der Waals surface area contributed by atoms with Crippen LogP contribution < -0.4 is 10.2 Å². The molecule has 4 nitrogen and oxygen atoms in total. The third-order valence-electron chi connectivity index (χ3n) is 4.59. The summed E-state index contributed by atoms with van der Waals surface area (Å²) >= 11 is 0. The molecule has 2 aromatic rings. The van der Waals surface area contributed by atoms with E-state index >= 15 is 0 Å². The molecule has 0 bridgehead atoms. The summed E-state index contributed by atoms with van der Waals surface area (Å²) in [6, 6.07) is 15.7. The molecule has 1 saturated heterocycles. The summed E-state index contributed by atoms with van der Waals surface area (Å²) in [7, 11) is 1.78. The monoisotopic (exact) mass is 324 g/mol. The molecule has 2 aromatic carbocycles. The van der Waals surface area contributed by atoms with Gasteiger partial charge in [-0.25, -0.2) is 0 Å². The lowest BCUT2D eigenvalue weighted by Gasteiger charge is -2.33. The van der Waals surface area contributed by atoms with Gasteiger partial charge in [0.05, 0.1) is 6.10 Å². The first-order valence-corrected chi connectivity index (χ1v) is 8.42. The molecule has 1 fully saturated rings. The summed E-state index contributed by atoms with van der Waals surface area (Å²) in [5.41, 5.74) is 3.67. The van der Waals surface area contributed by atoms with E-state index in [4.69, 9.17) is 4.74 Å². The van der Waals surface area contributed by atoms with Crippen LogP contribution in [-0.2, 0) is 4.74 Å². The number of hydrogen-bond acceptors (Lipinski definition) is 3. The summed E-state index contributed by atoms with van der Waals surface area (Å²) in [6.07, 6.45) is 2.57. The number of carbonyl (C=O) groups is 1. The molecule has 0 aliphatic carbocycles. The Balaban J connectivity index is 1.66. The van der Waals surface area contributed by atoms with Crippen molar-refractivity contribution in [2.24, 2.45) is 0 Å². The van der Waals surface area contributed by atoms with Crippen molar-refractivity contribution in [2.75, 3.05) is 30.4 Å². The van der Waals surface area contributed by atoms with E-state index in [1.54, 1.807) is 7.11 Å². The van der Waals surface area contributed by atoms with Gasteiger partial charge in [0.2, 0.25) is 0 Å². The summed E-state index contributed by atoms with van der Waals surface area (Å²) in [4.78, 5) is 14.7. The zero-order chi connectivity index (χ0) is 16.9. The maximum Gasteiger partial charge on any atom is 0.255 e. The fourth-order valence-corrected chi connectivity index (χ4v) is 3.15. The normalized spacial score (nSPS) is 17.6. The highest BCUT2D eigenvalue weighted by Gasteiger charge is 2.19. The predicted molar refractivity (Wildman–Crippen MR) is 97.8 cm³/mol. The fourth-order valence-electron chi connectivity index (χ4n) is 3.15. The van der Waals surface area contributed by atoms with E-state index in [0.717, 1.165) is 37.2 Å². The highest BCUT2D eigenvalue weighted by molar-refractivity contribution is 6.05. The van der Waals surface area contributed by atoms with Gasteiger partial charge < -0.3 is 15.0 Å². The lowest BCUT2D eigenvalue weighted by molar-refractivity contribution is 0.0893. The van der Waals surface area contributed by atoms with Crippen LogP contribution in [0, 0.1) is 6.92 Å². The number of aryl methyl sites for hydroxylation is 1. The molecule has 0 saturated carbocycles. The van der Waals surface area contributed by atoms with Crippen LogP contribution in [0.15, 0.2) is 48.5 Å². The zero-order valence-corrected chi connectivity index (χ0v) is 14.3. The topological polar surface area (TPSA) is 41.6 Å². The van der Waals surface area contributed by atoms with Crippen molar-refractivity contribution in [2.45, 2.75) is 25.9 Å². The minimum atomic E-state index is -0.0710. The molecule has 0 spiro atoms. The fraction of sp³-hybridized carbons (Fsp3) is 0.350. The maximum absolute atomic E-state index is 12.4. The number of anilines is 2. The number of benzene rings is 2. The molecular weight excluding hydrogens is 300 g/mol. The van der Waals surface area contributed by atoms with Crippen LogP contribution in [0.25, 0.3) is 0 Å². The van der Waals surface area contributed by atoms with E-state index in [0.29, 0.717) is 11.7 Å². The maximum atomic E-state index is 12.4. The van der Waals surface area contributed by atoms with E-state index < -0.39 is 0 Å². The summed E-state index contributed by atoms with van der Waals surface area (Å²) in [6.45, 7) is 3.92. The molecular formula is C20H24N2O2. The molecule has 1 amide bonds. The van der Waals surface area contributed by atoms with E-state index in [2.05, 4.69) is 22.3 Å². The Morgan fingerprint density at radius 1 is 1.17 bits per heavy atom. The van der Waals surface area contributed by atoms with Gasteiger partial charge in [0.25, 0.3) is 5.91 Å². The Morgan fingerprint density at radius 2 is 1.92 bits per heavy atom. The number of carbonyl (C=O) groups excluding carboxylic acids is 1. The molecule has 0 unspecified atom stereocenters. The summed E-state index contributed by atoms with van der Waals surface area (Å²) < 4.78 is 5.48. The minimum absolute atomic E-state index is 0.0710. The Labute approximate surface area is 143 Å². The zero-order valence-electron chi connectivity index (χ0n) is 14.3. The summed E-state index contributed by atoms with van der Waals surface area (Å²) in [5, 5.41) is 2.97. The van der Waals surface area contributed by atoms with Gasteiger partial charge in [-0.1, -0.05) is 18.2 Å². The van der Waals surface area contributed by atoms with Crippen molar-refractivity contribution in [1.82, 2.24) is 0 Å². The highest BCUT2D eigenvalue weighted by Crippen LogP contribution is 2.23. The van der Waals surface area contributed by atoms with E-state index in [-0.39, 0.29) is 5.91 Å². The van der Waals surface area contributed by atoms with Crippen LogP contribution in [0.4, 0.5) is 11.4 Å². The molecule has 24 heavy (non-hydrogen) atoms. The first-order chi connectivity index (χ1) is 11.7. The third-order valence-corrected chi connectivity index (χ3v) is 4.59. The molecule has 0 radical (unpaired) electrons. The number of ether oxygens (including phenoxy) is 1. The Hall–Kier alpha value is -2.33. The molecule has 1 heterocycles. The smallest absolute Gasteiger partial charge is 0.255 e. The minimum Gasteiger partial charge on any atom is -0.380 e. The number of nitrogens with zero attached hydrogens (tertiary/aromatic N) is 1. The number of hydrogen-bond donors (Lipinski definition) is 1. The van der Waals surface area contributed by atoms with Crippen LogP contribution in [0.3, 0.4) is 0 Å². The second-order valence-corrected chi connectivity index (χ2v) is 6.26. The molecule has 1 atom stereocenters. The van der Waals surface area contributed by atoms with Gasteiger partial charge in [0, 0.05) is 37.1 Å². The second-order valence-electron chi connectivity index (χ2n) is 6.26. The number of rotatable bonds is 4. The molecule has 1 aliphatic heterocycles. The Kier molecular flexibility index (Phi) is 5.16. The number of amides is 1. The van der Waals surface area contributed by atoms with Gasteiger partial charge in [-0.2, -0.15) is 0 Å². The van der Waals surface area contributed by atoms with Gasteiger partial charge in [-0.05, 0) is 55.7 Å². The van der Waals surface area contributed by atoms with E-state index in [1.807, 2.05) is 43.3 Å². The highest BCUT2D eigenvalue weighted by atomic mass is 16.5. The molecule has 1 N–H and O–H groups in total. The van der Waals surface area contributed by atoms with Crippen molar-refractivity contribution in [3.8, 4) is 0 Å². The number of piperidine rings is 1. The third kappa shape index (κ3) is 3.77. The average Bonchev–Trinajstić information content (AvgIpc) is 2.62. The first-order valence-electron chi connectivity index (χ1n) is 8.42. The van der Waals surface area contributed by atoms with Crippen molar-refractivity contribution < 1.29 is 9.53 Å². The van der Waals surface area contributed by atoms with Crippen molar-refractivity contribution >= 4 is 17.3 Å². The van der Waals surface area contributed by atoms with Crippen LogP contribution in [0.5, 0.6) is 0 Å². The van der Waals surface area contributed by atoms with Crippen molar-refractivity contribution in [3.63, 3.8) is 0 Å². The lowest BCUT2D eigenvalue weighted by Crippen LogP contribution is -2.39. The van der Waals surface area contributed by atoms with Gasteiger partial charge >= 0.3 is 0 Å². The number of methoxy groups -OCH3 is 1. The predicted octanol–water partition coefficient (Wildman–Crippen LogP) is 3.86. The first kappa shape index (κ1) is 16.5. The van der Waals surface area contributed by atoms with Crippen LogP contribution >= 0.6 is 0 Å². The van der Waals surface area contributed by atoms with Crippen molar-refractivity contribution in [1.29, 1.82) is 0 Å². The Bertz CT molecular complexity index is 697. The molecule has 1 aliphatic rings. The molecule has 0 aromatic heterocycles. The second kappa shape index (κ2) is 7.49. The van der Waals surface area contributed by atoms with Gasteiger partial charge in [0.1, 0.15) is 0 Å². The number of nitrogens with one attached hydrogen (secondary N) is 1. The van der Waals surface area contributed by atoms with Crippen LogP contribution in [0.1, 0.15) is 28.8 Å². The van der Waals surface area contributed by atoms with Gasteiger partial charge in [0.15, 0.2) is 0 Å². The van der Waals surface area contributed by atoms with Crippen LogP contribution in [-0.4, -0.2) is 32.2 Å². The standard InChI is InChI=1S/C20H24N2O2/c1-15-6-3-4-8-19(15)20(23)21-16-9-11-17(12-10-16)22-13-5-7-18(14-22)24-2/h3-4,6,8-12,18H,5,7,13-14H2,1-2H3,(H,21,23)/t18-/m0/s1. The van der Waals surface area contributed by atoms with Gasteiger partial charge in [-0.15, -0.1) is 0 Å². The van der Waals surface area contributed by atoms with E-state index in [1.165, 1.54) is 5.69 Å². The average molecular weight is 324 g/mol.